The van der Waals surface area contributed by atoms with Gasteiger partial charge < -0.3 is 4.90 Å². The van der Waals surface area contributed by atoms with Gasteiger partial charge >= 0.3 is 0 Å². The standard InChI is InChI=1S/C21H24FN3/c1-15(13-22)4-5-16-6-9-19-17(12-16)7-10-20(24-19)18-8-11-21(23-14-18)25(2)3/h6-12,14-15H,4-5,13H2,1-3H3. The monoisotopic (exact) mass is 337 g/mol. The van der Waals surface area contributed by atoms with Crippen LogP contribution in [0.4, 0.5) is 10.2 Å². The Hall–Kier alpha value is -2.49. The molecule has 0 aliphatic heterocycles. The van der Waals surface area contributed by atoms with E-state index in [1.807, 2.05) is 50.3 Å². The Bertz CT molecular complexity index is 843. The van der Waals surface area contributed by atoms with Gasteiger partial charge in [0, 0.05) is 31.2 Å². The molecule has 3 aromatic rings. The molecule has 1 unspecified atom stereocenters. The SMILES string of the molecule is CC(CF)CCc1ccc2nc(-c3ccc(N(C)C)nc3)ccc2c1. The zero-order chi connectivity index (χ0) is 17.8. The quantitative estimate of drug-likeness (QED) is 0.640. The number of nitrogens with zero attached hydrogens (tertiary/aromatic N) is 3. The number of aryl methyl sites for hydroxylation is 1. The summed E-state index contributed by atoms with van der Waals surface area (Å²) in [7, 11) is 3.95. The number of benzene rings is 1. The molecular formula is C21H24FN3. The second kappa shape index (κ2) is 7.60. The van der Waals surface area contributed by atoms with Crippen molar-refractivity contribution in [2.24, 2.45) is 5.92 Å². The normalized spacial score (nSPS) is 12.3. The first-order valence-electron chi connectivity index (χ1n) is 8.66. The first kappa shape index (κ1) is 17.3. The van der Waals surface area contributed by atoms with Crippen molar-refractivity contribution in [3.8, 4) is 11.3 Å². The predicted molar refractivity (Wildman–Crippen MR) is 103 cm³/mol. The van der Waals surface area contributed by atoms with E-state index in [0.29, 0.717) is 0 Å². The first-order valence-corrected chi connectivity index (χ1v) is 8.66. The van der Waals surface area contributed by atoms with Crippen molar-refractivity contribution in [1.82, 2.24) is 9.97 Å². The third-order valence-corrected chi connectivity index (χ3v) is 4.44. The summed E-state index contributed by atoms with van der Waals surface area (Å²) in [5.74, 6) is 1.05. The average Bonchev–Trinajstić information content (AvgIpc) is 2.65. The van der Waals surface area contributed by atoms with Crippen LogP contribution in [0.3, 0.4) is 0 Å². The smallest absolute Gasteiger partial charge is 0.127 e. The molecule has 0 radical (unpaired) electrons. The molecule has 3 nitrogen and oxygen atoms in total. The second-order valence-corrected chi connectivity index (χ2v) is 6.82. The van der Waals surface area contributed by atoms with Gasteiger partial charge in [0.15, 0.2) is 0 Å². The van der Waals surface area contributed by atoms with Crippen LogP contribution in [0.2, 0.25) is 0 Å². The van der Waals surface area contributed by atoms with Crippen LogP contribution in [0.1, 0.15) is 18.9 Å². The lowest BCUT2D eigenvalue weighted by molar-refractivity contribution is 0.366. The van der Waals surface area contributed by atoms with Gasteiger partial charge in [-0.25, -0.2) is 9.97 Å². The second-order valence-electron chi connectivity index (χ2n) is 6.82. The zero-order valence-corrected chi connectivity index (χ0v) is 15.0. The maximum atomic E-state index is 12.6. The van der Waals surface area contributed by atoms with Gasteiger partial charge in [-0.05, 0) is 54.7 Å². The highest BCUT2D eigenvalue weighted by atomic mass is 19.1. The molecule has 3 rings (SSSR count). The molecular weight excluding hydrogens is 313 g/mol. The molecule has 25 heavy (non-hydrogen) atoms. The van der Waals surface area contributed by atoms with Gasteiger partial charge in [0.05, 0.1) is 17.9 Å². The van der Waals surface area contributed by atoms with Crippen LogP contribution in [-0.4, -0.2) is 30.7 Å². The fraction of sp³-hybridized carbons (Fsp3) is 0.333. The van der Waals surface area contributed by atoms with E-state index in [4.69, 9.17) is 4.98 Å². The van der Waals surface area contributed by atoms with E-state index in [9.17, 15) is 4.39 Å². The fourth-order valence-electron chi connectivity index (χ4n) is 2.78. The van der Waals surface area contributed by atoms with Gasteiger partial charge in [-0.1, -0.05) is 19.1 Å². The Balaban J connectivity index is 1.82. The molecule has 0 spiro atoms. The molecule has 0 aliphatic rings. The summed E-state index contributed by atoms with van der Waals surface area (Å²) in [5, 5.41) is 1.12. The zero-order valence-electron chi connectivity index (χ0n) is 15.0. The van der Waals surface area contributed by atoms with Gasteiger partial charge in [-0.2, -0.15) is 0 Å². The van der Waals surface area contributed by atoms with Crippen LogP contribution >= 0.6 is 0 Å². The van der Waals surface area contributed by atoms with Crippen LogP contribution in [-0.2, 0) is 6.42 Å². The minimum atomic E-state index is -0.251. The fourth-order valence-corrected chi connectivity index (χ4v) is 2.78. The highest BCUT2D eigenvalue weighted by molar-refractivity contribution is 5.82. The number of anilines is 1. The molecule has 0 amide bonds. The molecule has 130 valence electrons. The molecule has 1 aromatic carbocycles. The number of aromatic nitrogens is 2. The Morgan fingerprint density at radius 2 is 1.92 bits per heavy atom. The summed E-state index contributed by atoms with van der Waals surface area (Å²) >= 11 is 0. The third-order valence-electron chi connectivity index (χ3n) is 4.44. The Morgan fingerprint density at radius 1 is 1.08 bits per heavy atom. The third kappa shape index (κ3) is 4.13. The van der Waals surface area contributed by atoms with E-state index in [1.54, 1.807) is 0 Å². The molecule has 0 saturated carbocycles. The van der Waals surface area contributed by atoms with Crippen LogP contribution in [0.25, 0.3) is 22.2 Å². The number of alkyl halides is 1. The maximum Gasteiger partial charge on any atom is 0.127 e. The van der Waals surface area contributed by atoms with Crippen molar-refractivity contribution in [3.05, 3.63) is 54.2 Å². The summed E-state index contributed by atoms with van der Waals surface area (Å²) < 4.78 is 12.6. The highest BCUT2D eigenvalue weighted by Gasteiger charge is 2.06. The van der Waals surface area contributed by atoms with Gasteiger partial charge in [0.1, 0.15) is 5.82 Å². The average molecular weight is 337 g/mol. The number of pyridine rings is 2. The van der Waals surface area contributed by atoms with Crippen molar-refractivity contribution in [2.75, 3.05) is 25.7 Å². The summed E-state index contributed by atoms with van der Waals surface area (Å²) in [6, 6.07) is 14.5. The van der Waals surface area contributed by atoms with Crippen LogP contribution in [0, 0.1) is 5.92 Å². The van der Waals surface area contributed by atoms with Crippen LogP contribution in [0.5, 0.6) is 0 Å². The number of rotatable bonds is 6. The lowest BCUT2D eigenvalue weighted by atomic mass is 10.0. The van der Waals surface area contributed by atoms with Gasteiger partial charge in [-0.15, -0.1) is 0 Å². The molecule has 0 N–H and O–H groups in total. The van der Waals surface area contributed by atoms with Crippen molar-refractivity contribution < 1.29 is 4.39 Å². The molecule has 4 heteroatoms. The lowest BCUT2D eigenvalue weighted by Gasteiger charge is -2.11. The van der Waals surface area contributed by atoms with Gasteiger partial charge in [0.2, 0.25) is 0 Å². The van der Waals surface area contributed by atoms with Crippen LogP contribution in [0.15, 0.2) is 48.7 Å². The van der Waals surface area contributed by atoms with E-state index in [1.165, 1.54) is 5.56 Å². The largest absolute Gasteiger partial charge is 0.363 e. The summed E-state index contributed by atoms with van der Waals surface area (Å²) in [6.45, 7) is 1.70. The molecule has 0 bridgehead atoms. The molecule has 0 saturated heterocycles. The van der Waals surface area contributed by atoms with Gasteiger partial charge in [0.25, 0.3) is 0 Å². The molecule has 2 heterocycles. The minimum Gasteiger partial charge on any atom is -0.363 e. The van der Waals surface area contributed by atoms with Crippen LogP contribution < -0.4 is 4.90 Å². The van der Waals surface area contributed by atoms with E-state index in [2.05, 4.69) is 29.2 Å². The lowest BCUT2D eigenvalue weighted by Crippen LogP contribution is -2.10. The van der Waals surface area contributed by atoms with Gasteiger partial charge in [-0.3, -0.25) is 4.39 Å². The minimum absolute atomic E-state index is 0.119. The number of hydrogen-bond donors (Lipinski definition) is 0. The van der Waals surface area contributed by atoms with Crippen molar-refractivity contribution >= 4 is 16.7 Å². The van der Waals surface area contributed by atoms with Crippen molar-refractivity contribution in [1.29, 1.82) is 0 Å². The predicted octanol–water partition coefficient (Wildman–Crippen LogP) is 4.90. The van der Waals surface area contributed by atoms with Crippen molar-refractivity contribution in [3.63, 3.8) is 0 Å². The van der Waals surface area contributed by atoms with Crippen molar-refractivity contribution in [2.45, 2.75) is 19.8 Å². The molecule has 1 atom stereocenters. The Morgan fingerprint density at radius 3 is 2.60 bits per heavy atom. The molecule has 2 aromatic heterocycles. The first-order chi connectivity index (χ1) is 12.1. The highest BCUT2D eigenvalue weighted by Crippen LogP contribution is 2.23. The summed E-state index contributed by atoms with van der Waals surface area (Å²) in [4.78, 5) is 11.2. The molecule has 0 aliphatic carbocycles. The Labute approximate surface area is 148 Å². The van der Waals surface area contributed by atoms with E-state index >= 15 is 0 Å². The van der Waals surface area contributed by atoms with E-state index < -0.39 is 0 Å². The number of hydrogen-bond acceptors (Lipinski definition) is 3. The van der Waals surface area contributed by atoms with E-state index in [0.717, 1.165) is 40.8 Å². The number of fused-ring (bicyclic) bond motifs is 1. The molecule has 0 fully saturated rings. The number of halogens is 1. The summed E-state index contributed by atoms with van der Waals surface area (Å²) in [6.07, 6.45) is 3.63. The van der Waals surface area contributed by atoms with E-state index in [-0.39, 0.29) is 12.6 Å². The Kier molecular flexibility index (Phi) is 5.27. The maximum absolute atomic E-state index is 12.6. The topological polar surface area (TPSA) is 29.0 Å². The summed E-state index contributed by atoms with van der Waals surface area (Å²) in [5.41, 5.74) is 4.13.